The van der Waals surface area contributed by atoms with Crippen LogP contribution in [0.25, 0.3) is 0 Å². The fraction of sp³-hybridized carbons (Fsp3) is 0.278. The Morgan fingerprint density at radius 1 is 1.10 bits per heavy atom. The molecule has 1 aromatic carbocycles. The van der Waals surface area contributed by atoms with Gasteiger partial charge in [-0.05, 0) is 43.5 Å². The van der Waals surface area contributed by atoms with Crippen LogP contribution in [-0.2, 0) is 6.61 Å². The molecule has 0 saturated heterocycles. The number of ether oxygens (including phenoxy) is 1. The summed E-state index contributed by atoms with van der Waals surface area (Å²) in [7, 11) is 0. The first-order valence-corrected chi connectivity index (χ1v) is 6.93. The zero-order valence-corrected chi connectivity index (χ0v) is 12.7. The topological polar surface area (TPSA) is 48.1 Å². The van der Waals surface area contributed by atoms with Crippen LogP contribution in [-0.4, -0.2) is 11.5 Å². The van der Waals surface area contributed by atoms with E-state index >= 15 is 0 Å². The van der Waals surface area contributed by atoms with Gasteiger partial charge in [-0.2, -0.15) is 0 Å². The van der Waals surface area contributed by atoms with E-state index in [2.05, 4.69) is 49.7 Å². The summed E-state index contributed by atoms with van der Waals surface area (Å²) in [5, 5.41) is 0. The van der Waals surface area contributed by atoms with Crippen molar-refractivity contribution in [3.8, 4) is 17.6 Å². The molecule has 1 aromatic heterocycles. The smallest absolute Gasteiger partial charge is 0.139 e. The van der Waals surface area contributed by atoms with Crippen molar-refractivity contribution in [2.45, 2.75) is 27.4 Å². The van der Waals surface area contributed by atoms with E-state index in [0.29, 0.717) is 13.2 Å². The summed E-state index contributed by atoms with van der Waals surface area (Å²) in [5.74, 6) is 6.49. The first kappa shape index (κ1) is 15.1. The van der Waals surface area contributed by atoms with Crippen LogP contribution in [0.5, 0.6) is 5.75 Å². The maximum absolute atomic E-state index is 5.85. The molecule has 0 atom stereocenters. The van der Waals surface area contributed by atoms with E-state index in [1.165, 1.54) is 22.3 Å². The summed E-state index contributed by atoms with van der Waals surface area (Å²) >= 11 is 0. The summed E-state index contributed by atoms with van der Waals surface area (Å²) < 4.78 is 5.85. The van der Waals surface area contributed by atoms with Crippen LogP contribution in [0.1, 0.15) is 27.8 Å². The summed E-state index contributed by atoms with van der Waals surface area (Å²) in [6.45, 7) is 7.20. The zero-order chi connectivity index (χ0) is 15.2. The van der Waals surface area contributed by atoms with Gasteiger partial charge in [-0.1, -0.05) is 29.5 Å². The highest BCUT2D eigenvalue weighted by Gasteiger charge is 2.05. The van der Waals surface area contributed by atoms with E-state index in [1.54, 1.807) is 12.4 Å². The van der Waals surface area contributed by atoms with Crippen LogP contribution in [0.4, 0.5) is 0 Å². The molecule has 0 unspecified atom stereocenters. The molecule has 0 spiro atoms. The molecule has 0 amide bonds. The van der Waals surface area contributed by atoms with Gasteiger partial charge in [-0.3, -0.25) is 4.98 Å². The molecule has 0 fully saturated rings. The highest BCUT2D eigenvalue weighted by atomic mass is 16.5. The number of benzene rings is 1. The number of rotatable bonds is 3. The van der Waals surface area contributed by atoms with Gasteiger partial charge in [0.25, 0.3) is 0 Å². The number of hydrogen-bond donors (Lipinski definition) is 1. The predicted octanol–water partition coefficient (Wildman–Crippen LogP) is 2.90. The van der Waals surface area contributed by atoms with Crippen molar-refractivity contribution < 1.29 is 4.74 Å². The molecule has 0 saturated carbocycles. The minimum absolute atomic E-state index is 0.340. The van der Waals surface area contributed by atoms with Crippen molar-refractivity contribution in [1.29, 1.82) is 0 Å². The van der Waals surface area contributed by atoms with E-state index in [9.17, 15) is 0 Å². The standard InChI is InChI=1S/C18H20N2O/c1-13-7-14(2)18(15(3)8-13)12-21-17-9-16(5-4-6-19)10-20-11-17/h7-11H,6,12,19H2,1-3H3. The molecule has 21 heavy (non-hydrogen) atoms. The Morgan fingerprint density at radius 3 is 2.48 bits per heavy atom. The van der Waals surface area contributed by atoms with Crippen LogP contribution in [0, 0.1) is 32.6 Å². The number of hydrogen-bond acceptors (Lipinski definition) is 3. The first-order chi connectivity index (χ1) is 10.1. The van der Waals surface area contributed by atoms with Crippen LogP contribution >= 0.6 is 0 Å². The molecule has 2 aromatic rings. The van der Waals surface area contributed by atoms with Crippen molar-refractivity contribution in [3.63, 3.8) is 0 Å². The minimum Gasteiger partial charge on any atom is -0.487 e. The van der Waals surface area contributed by atoms with Gasteiger partial charge in [0.2, 0.25) is 0 Å². The quantitative estimate of drug-likeness (QED) is 0.879. The second-order valence-corrected chi connectivity index (χ2v) is 5.08. The van der Waals surface area contributed by atoms with E-state index < -0.39 is 0 Å². The maximum Gasteiger partial charge on any atom is 0.139 e. The van der Waals surface area contributed by atoms with Crippen molar-refractivity contribution in [3.05, 3.63) is 58.4 Å². The Balaban J connectivity index is 2.13. The van der Waals surface area contributed by atoms with Crippen LogP contribution < -0.4 is 10.5 Å². The third-order valence-electron chi connectivity index (χ3n) is 3.27. The molecule has 0 aliphatic carbocycles. The third-order valence-corrected chi connectivity index (χ3v) is 3.27. The van der Waals surface area contributed by atoms with E-state index in [1.807, 2.05) is 6.07 Å². The van der Waals surface area contributed by atoms with E-state index in [-0.39, 0.29) is 0 Å². The molecule has 2 N–H and O–H groups in total. The van der Waals surface area contributed by atoms with Crippen LogP contribution in [0.2, 0.25) is 0 Å². The summed E-state index contributed by atoms with van der Waals surface area (Å²) in [6, 6.07) is 6.23. The molecule has 0 bridgehead atoms. The van der Waals surface area contributed by atoms with Gasteiger partial charge < -0.3 is 10.5 Å². The Hall–Kier alpha value is -2.31. The summed E-state index contributed by atoms with van der Waals surface area (Å²) in [6.07, 6.45) is 3.41. The summed E-state index contributed by atoms with van der Waals surface area (Å²) in [4.78, 5) is 4.14. The Labute approximate surface area is 126 Å². The lowest BCUT2D eigenvalue weighted by Crippen LogP contribution is -2.02. The molecule has 2 rings (SSSR count). The lowest BCUT2D eigenvalue weighted by atomic mass is 10.0. The molecule has 3 heteroatoms. The van der Waals surface area contributed by atoms with Gasteiger partial charge in [-0.15, -0.1) is 0 Å². The molecular weight excluding hydrogens is 260 g/mol. The monoisotopic (exact) mass is 280 g/mol. The maximum atomic E-state index is 5.85. The Kier molecular flexibility index (Phi) is 4.97. The highest BCUT2D eigenvalue weighted by molar-refractivity contribution is 5.39. The lowest BCUT2D eigenvalue weighted by Gasteiger charge is -2.12. The summed E-state index contributed by atoms with van der Waals surface area (Å²) in [5.41, 5.74) is 11.2. The van der Waals surface area contributed by atoms with Gasteiger partial charge in [0.05, 0.1) is 12.7 Å². The molecular formula is C18H20N2O. The van der Waals surface area contributed by atoms with Gasteiger partial charge in [0, 0.05) is 11.8 Å². The first-order valence-electron chi connectivity index (χ1n) is 6.93. The average Bonchev–Trinajstić information content (AvgIpc) is 2.44. The van der Waals surface area contributed by atoms with Crippen LogP contribution in [0.3, 0.4) is 0 Å². The Morgan fingerprint density at radius 2 is 1.81 bits per heavy atom. The number of aryl methyl sites for hydroxylation is 3. The molecule has 108 valence electrons. The van der Waals surface area contributed by atoms with E-state index in [0.717, 1.165) is 11.3 Å². The average molecular weight is 280 g/mol. The molecule has 1 heterocycles. The number of aromatic nitrogens is 1. The second kappa shape index (κ2) is 6.92. The van der Waals surface area contributed by atoms with Crippen molar-refractivity contribution in [2.24, 2.45) is 5.73 Å². The highest BCUT2D eigenvalue weighted by Crippen LogP contribution is 2.19. The lowest BCUT2D eigenvalue weighted by molar-refractivity contribution is 0.303. The van der Waals surface area contributed by atoms with E-state index in [4.69, 9.17) is 10.5 Å². The minimum atomic E-state index is 0.340. The van der Waals surface area contributed by atoms with Crippen molar-refractivity contribution in [2.75, 3.05) is 6.54 Å². The second-order valence-electron chi connectivity index (χ2n) is 5.08. The molecule has 3 nitrogen and oxygen atoms in total. The number of pyridine rings is 1. The molecule has 0 aliphatic heterocycles. The normalized spacial score (nSPS) is 9.90. The van der Waals surface area contributed by atoms with Crippen molar-refractivity contribution in [1.82, 2.24) is 4.98 Å². The molecule has 0 aliphatic rings. The van der Waals surface area contributed by atoms with Gasteiger partial charge in [-0.25, -0.2) is 0 Å². The third kappa shape index (κ3) is 4.08. The van der Waals surface area contributed by atoms with Crippen molar-refractivity contribution >= 4 is 0 Å². The van der Waals surface area contributed by atoms with Crippen LogP contribution in [0.15, 0.2) is 30.6 Å². The van der Waals surface area contributed by atoms with Gasteiger partial charge in [0.15, 0.2) is 0 Å². The SMILES string of the molecule is Cc1cc(C)c(COc2cncc(C#CCN)c2)c(C)c1. The fourth-order valence-corrected chi connectivity index (χ4v) is 2.31. The molecule has 0 radical (unpaired) electrons. The zero-order valence-electron chi connectivity index (χ0n) is 12.7. The largest absolute Gasteiger partial charge is 0.487 e. The predicted molar refractivity (Wildman–Crippen MR) is 85.2 cm³/mol. The number of nitrogens with zero attached hydrogens (tertiary/aromatic N) is 1. The van der Waals surface area contributed by atoms with Gasteiger partial charge >= 0.3 is 0 Å². The van der Waals surface area contributed by atoms with Gasteiger partial charge in [0.1, 0.15) is 12.4 Å². The number of nitrogens with two attached hydrogens (primary N) is 1. The Bertz CT molecular complexity index is 673. The fourth-order valence-electron chi connectivity index (χ4n) is 2.31.